The highest BCUT2D eigenvalue weighted by atomic mass is 16.5. The maximum absolute atomic E-state index is 11.0. The first kappa shape index (κ1) is 12.7. The van der Waals surface area contributed by atoms with Crippen LogP contribution in [0.1, 0.15) is 17.5 Å². The largest absolute Gasteiger partial charge is 0.497 e. The Balaban J connectivity index is 2.66. The van der Waals surface area contributed by atoms with Crippen LogP contribution in [0.4, 0.5) is 0 Å². The number of carbonyl (C=O) groups excluding carboxylic acids is 1. The number of carbonyl (C=O) groups is 1. The summed E-state index contributed by atoms with van der Waals surface area (Å²) in [6.45, 7) is 1.92. The van der Waals surface area contributed by atoms with E-state index in [0.29, 0.717) is 0 Å². The van der Waals surface area contributed by atoms with Crippen LogP contribution < -0.4 is 10.2 Å². The topological polar surface area (TPSA) is 74.5 Å². The van der Waals surface area contributed by atoms with Crippen LogP contribution in [-0.2, 0) is 4.79 Å². The molecule has 1 aromatic rings. The third-order valence-electron chi connectivity index (χ3n) is 2.11. The van der Waals surface area contributed by atoms with Gasteiger partial charge in [0.2, 0.25) is 0 Å². The lowest BCUT2D eigenvalue weighted by Gasteiger charge is -2.03. The van der Waals surface area contributed by atoms with Gasteiger partial charge in [-0.25, -0.2) is 5.43 Å². The highest BCUT2D eigenvalue weighted by Gasteiger charge is 1.99. The van der Waals surface area contributed by atoms with Crippen LogP contribution in [0.2, 0.25) is 0 Å². The van der Waals surface area contributed by atoms with Crippen molar-refractivity contribution in [1.82, 2.24) is 5.43 Å². The Morgan fingerprint density at radius 2 is 2.41 bits per heavy atom. The van der Waals surface area contributed by atoms with Crippen molar-refractivity contribution < 1.29 is 9.53 Å². The Morgan fingerprint density at radius 3 is 3.00 bits per heavy atom. The molecule has 88 valence electrons. The molecule has 0 aliphatic heterocycles. The molecule has 17 heavy (non-hydrogen) atoms. The molecule has 0 saturated heterocycles. The van der Waals surface area contributed by atoms with Gasteiger partial charge in [-0.1, -0.05) is 0 Å². The number of ether oxygens (including phenoxy) is 1. The number of rotatable bonds is 4. The minimum absolute atomic E-state index is 0.196. The van der Waals surface area contributed by atoms with Crippen LogP contribution in [0, 0.1) is 18.3 Å². The second kappa shape index (κ2) is 6.28. The Bertz CT molecular complexity index is 475. The van der Waals surface area contributed by atoms with E-state index >= 15 is 0 Å². The van der Waals surface area contributed by atoms with Crippen molar-refractivity contribution in [3.63, 3.8) is 0 Å². The quantitative estimate of drug-likeness (QED) is 0.628. The number of aryl methyl sites for hydroxylation is 1. The maximum Gasteiger partial charge on any atom is 0.254 e. The number of methoxy groups -OCH3 is 1. The van der Waals surface area contributed by atoms with E-state index in [1.165, 1.54) is 6.21 Å². The van der Waals surface area contributed by atoms with Gasteiger partial charge < -0.3 is 4.74 Å². The molecule has 0 fully saturated rings. The smallest absolute Gasteiger partial charge is 0.254 e. The first-order valence-electron chi connectivity index (χ1n) is 5.01. The van der Waals surface area contributed by atoms with Crippen molar-refractivity contribution in [3.05, 3.63) is 29.3 Å². The van der Waals surface area contributed by atoms with E-state index in [9.17, 15) is 4.79 Å². The van der Waals surface area contributed by atoms with Crippen molar-refractivity contribution >= 4 is 12.1 Å². The lowest BCUT2D eigenvalue weighted by atomic mass is 10.1. The van der Waals surface area contributed by atoms with Gasteiger partial charge in [0.05, 0.1) is 19.4 Å². The summed E-state index contributed by atoms with van der Waals surface area (Å²) in [6, 6.07) is 7.27. The molecule has 1 amide bonds. The van der Waals surface area contributed by atoms with E-state index in [2.05, 4.69) is 10.5 Å². The van der Waals surface area contributed by atoms with E-state index in [-0.39, 0.29) is 6.42 Å². The number of nitrogens with zero attached hydrogens (tertiary/aromatic N) is 2. The monoisotopic (exact) mass is 231 g/mol. The molecule has 0 atom stereocenters. The Labute approximate surface area is 99.7 Å². The van der Waals surface area contributed by atoms with Gasteiger partial charge in [-0.15, -0.1) is 0 Å². The molecule has 0 radical (unpaired) electrons. The molecule has 0 aromatic heterocycles. The van der Waals surface area contributed by atoms with Gasteiger partial charge in [0, 0.05) is 0 Å². The van der Waals surface area contributed by atoms with Crippen molar-refractivity contribution in [2.45, 2.75) is 13.3 Å². The predicted octanol–water partition coefficient (Wildman–Crippen LogP) is 1.37. The van der Waals surface area contributed by atoms with Crippen LogP contribution in [0.3, 0.4) is 0 Å². The van der Waals surface area contributed by atoms with E-state index in [0.717, 1.165) is 16.9 Å². The van der Waals surface area contributed by atoms with Crippen molar-refractivity contribution in [1.29, 1.82) is 5.26 Å². The van der Waals surface area contributed by atoms with Gasteiger partial charge >= 0.3 is 0 Å². The molecule has 0 bridgehead atoms. The zero-order chi connectivity index (χ0) is 12.7. The number of nitrogens with one attached hydrogen (secondary N) is 1. The molecule has 0 heterocycles. The molecule has 1 rings (SSSR count). The van der Waals surface area contributed by atoms with Crippen LogP contribution in [0.15, 0.2) is 23.3 Å². The van der Waals surface area contributed by atoms with E-state index in [1.54, 1.807) is 13.2 Å². The van der Waals surface area contributed by atoms with Gasteiger partial charge in [0.15, 0.2) is 0 Å². The summed E-state index contributed by atoms with van der Waals surface area (Å²) in [5.74, 6) is 0.350. The zero-order valence-corrected chi connectivity index (χ0v) is 9.73. The first-order chi connectivity index (χ1) is 8.17. The molecular weight excluding hydrogens is 218 g/mol. The molecule has 0 spiro atoms. The summed E-state index contributed by atoms with van der Waals surface area (Å²) < 4.78 is 5.07. The van der Waals surface area contributed by atoms with E-state index in [4.69, 9.17) is 10.00 Å². The van der Waals surface area contributed by atoms with E-state index in [1.807, 2.05) is 25.1 Å². The fourth-order valence-electron chi connectivity index (χ4n) is 1.21. The highest BCUT2D eigenvalue weighted by Crippen LogP contribution is 2.15. The maximum atomic E-state index is 11.0. The summed E-state index contributed by atoms with van der Waals surface area (Å²) in [6.07, 6.45) is 1.34. The number of hydrogen-bond acceptors (Lipinski definition) is 4. The molecular formula is C12H13N3O2. The number of hydrogen-bond donors (Lipinski definition) is 1. The SMILES string of the molecule is COc1ccc(C=NNC(=O)CC#N)c(C)c1. The summed E-state index contributed by atoms with van der Waals surface area (Å²) in [7, 11) is 1.60. The van der Waals surface area contributed by atoms with Gasteiger partial charge in [-0.2, -0.15) is 10.4 Å². The van der Waals surface area contributed by atoms with Crippen LogP contribution >= 0.6 is 0 Å². The second-order valence-corrected chi connectivity index (χ2v) is 3.35. The Kier molecular flexibility index (Phi) is 4.70. The fourth-order valence-corrected chi connectivity index (χ4v) is 1.21. The normalized spacial score (nSPS) is 9.94. The standard InChI is InChI=1S/C12H13N3O2/c1-9-7-11(17-2)4-3-10(9)8-14-15-12(16)5-6-13/h3-4,7-8H,5H2,1-2H3,(H,15,16). The highest BCUT2D eigenvalue weighted by molar-refractivity contribution is 5.84. The molecule has 0 aliphatic carbocycles. The predicted molar refractivity (Wildman–Crippen MR) is 63.7 cm³/mol. The number of hydrazone groups is 1. The molecule has 0 saturated carbocycles. The van der Waals surface area contributed by atoms with Crippen LogP contribution in [0.25, 0.3) is 0 Å². The molecule has 1 N–H and O–H groups in total. The average molecular weight is 231 g/mol. The Hall–Kier alpha value is -2.35. The van der Waals surface area contributed by atoms with E-state index < -0.39 is 5.91 Å². The number of benzene rings is 1. The molecule has 5 heteroatoms. The summed E-state index contributed by atoms with van der Waals surface area (Å²) >= 11 is 0. The first-order valence-corrected chi connectivity index (χ1v) is 5.01. The summed E-state index contributed by atoms with van der Waals surface area (Å²) in [4.78, 5) is 11.0. The van der Waals surface area contributed by atoms with Crippen molar-refractivity contribution in [2.24, 2.45) is 5.10 Å². The third kappa shape index (κ3) is 3.95. The molecule has 5 nitrogen and oxygen atoms in total. The van der Waals surface area contributed by atoms with Crippen molar-refractivity contribution in [3.8, 4) is 11.8 Å². The lowest BCUT2D eigenvalue weighted by molar-refractivity contribution is -0.120. The lowest BCUT2D eigenvalue weighted by Crippen LogP contribution is -2.16. The Morgan fingerprint density at radius 1 is 1.65 bits per heavy atom. The van der Waals surface area contributed by atoms with Gasteiger partial charge in [0.1, 0.15) is 12.2 Å². The van der Waals surface area contributed by atoms with Crippen LogP contribution in [-0.4, -0.2) is 19.2 Å². The fraction of sp³-hybridized carbons (Fsp3) is 0.250. The summed E-state index contributed by atoms with van der Waals surface area (Å²) in [5, 5.41) is 12.0. The molecule has 1 aromatic carbocycles. The minimum atomic E-state index is -0.421. The van der Waals surface area contributed by atoms with Crippen LogP contribution in [0.5, 0.6) is 5.75 Å². The van der Waals surface area contributed by atoms with Gasteiger partial charge in [0.25, 0.3) is 5.91 Å². The second-order valence-electron chi connectivity index (χ2n) is 3.35. The van der Waals surface area contributed by atoms with Gasteiger partial charge in [-0.05, 0) is 36.2 Å². The number of amides is 1. The average Bonchev–Trinajstić information content (AvgIpc) is 2.31. The van der Waals surface area contributed by atoms with Crippen molar-refractivity contribution in [2.75, 3.05) is 7.11 Å². The molecule has 0 aliphatic rings. The zero-order valence-electron chi connectivity index (χ0n) is 9.73. The molecule has 0 unspecified atom stereocenters. The minimum Gasteiger partial charge on any atom is -0.497 e. The van der Waals surface area contributed by atoms with Gasteiger partial charge in [-0.3, -0.25) is 4.79 Å². The third-order valence-corrected chi connectivity index (χ3v) is 2.11. The number of nitriles is 1. The summed E-state index contributed by atoms with van der Waals surface area (Å²) in [5.41, 5.74) is 4.13.